The predicted molar refractivity (Wildman–Crippen MR) is 138 cm³/mol. The van der Waals surface area contributed by atoms with E-state index in [1.165, 1.54) is 29.5 Å². The van der Waals surface area contributed by atoms with Gasteiger partial charge in [0.2, 0.25) is 0 Å². The van der Waals surface area contributed by atoms with Gasteiger partial charge in [-0.25, -0.2) is 4.98 Å². The number of hydrogen-bond acceptors (Lipinski definition) is 5. The van der Waals surface area contributed by atoms with E-state index >= 15 is 0 Å². The van der Waals surface area contributed by atoms with E-state index < -0.39 is 5.97 Å². The van der Waals surface area contributed by atoms with Gasteiger partial charge >= 0.3 is 5.97 Å². The summed E-state index contributed by atoms with van der Waals surface area (Å²) in [6.45, 7) is 12.4. The van der Waals surface area contributed by atoms with Crippen molar-refractivity contribution in [3.8, 4) is 11.3 Å². The first-order valence-corrected chi connectivity index (χ1v) is 13.3. The van der Waals surface area contributed by atoms with Gasteiger partial charge in [0.05, 0.1) is 5.69 Å². The Morgan fingerprint density at radius 1 is 1.12 bits per heavy atom. The fourth-order valence-corrected chi connectivity index (χ4v) is 6.16. The molecule has 0 saturated carbocycles. The molecule has 1 fully saturated rings. The number of thiazole rings is 1. The number of anilines is 1. The number of nitrogens with one attached hydrogen (secondary N) is 1. The quantitative estimate of drug-likeness (QED) is 0.466. The van der Waals surface area contributed by atoms with Crippen LogP contribution >= 0.6 is 11.3 Å². The minimum Gasteiger partial charge on any atom is -0.481 e. The lowest BCUT2D eigenvalue weighted by Crippen LogP contribution is -2.42. The van der Waals surface area contributed by atoms with Gasteiger partial charge in [0, 0.05) is 36.5 Å². The zero-order valence-electron chi connectivity index (χ0n) is 20.6. The van der Waals surface area contributed by atoms with Crippen molar-refractivity contribution in [3.63, 3.8) is 0 Å². The maximum Gasteiger partial charge on any atom is 0.303 e. The Balaban J connectivity index is 1.36. The van der Waals surface area contributed by atoms with Crippen LogP contribution in [0.5, 0.6) is 0 Å². The average molecular weight is 470 g/mol. The largest absolute Gasteiger partial charge is 0.481 e. The van der Waals surface area contributed by atoms with Crippen LogP contribution < -0.4 is 10.2 Å². The van der Waals surface area contributed by atoms with Gasteiger partial charge in [-0.3, -0.25) is 4.79 Å². The molecule has 0 radical (unpaired) electrons. The molecule has 1 saturated heterocycles. The number of carboxylic acids is 1. The molecule has 1 aliphatic carbocycles. The second kappa shape index (κ2) is 9.75. The van der Waals surface area contributed by atoms with E-state index in [1.807, 2.05) is 0 Å². The van der Waals surface area contributed by atoms with E-state index in [-0.39, 0.29) is 17.3 Å². The molecule has 4 rings (SSSR count). The molecular weight excluding hydrogens is 430 g/mol. The summed E-state index contributed by atoms with van der Waals surface area (Å²) in [4.78, 5) is 18.1. The summed E-state index contributed by atoms with van der Waals surface area (Å²) in [5.74, 6) is -0.700. The minimum atomic E-state index is -0.700. The van der Waals surface area contributed by atoms with Gasteiger partial charge in [-0.1, -0.05) is 39.8 Å². The number of nitrogens with zero attached hydrogens (tertiary/aromatic N) is 2. The molecule has 1 aromatic carbocycles. The molecule has 5 nitrogen and oxygen atoms in total. The molecule has 33 heavy (non-hydrogen) atoms. The van der Waals surface area contributed by atoms with Crippen LogP contribution in [-0.4, -0.2) is 41.7 Å². The summed E-state index contributed by atoms with van der Waals surface area (Å²) >= 11 is 1.76. The van der Waals surface area contributed by atoms with Crippen LogP contribution in [0.1, 0.15) is 83.8 Å². The fourth-order valence-electron chi connectivity index (χ4n) is 5.27. The number of aromatic nitrogens is 1. The Morgan fingerprint density at radius 2 is 1.82 bits per heavy atom. The van der Waals surface area contributed by atoms with E-state index in [9.17, 15) is 4.79 Å². The normalized spacial score (nSPS) is 19.9. The van der Waals surface area contributed by atoms with E-state index in [1.54, 1.807) is 11.3 Å². The van der Waals surface area contributed by atoms with Gasteiger partial charge in [0.15, 0.2) is 5.13 Å². The highest BCUT2D eigenvalue weighted by Crippen LogP contribution is 2.47. The third-order valence-corrected chi connectivity index (χ3v) is 8.56. The minimum absolute atomic E-state index is 0.211. The number of rotatable bonds is 8. The van der Waals surface area contributed by atoms with E-state index in [0.29, 0.717) is 6.04 Å². The molecule has 0 amide bonds. The molecule has 0 unspecified atom stereocenters. The summed E-state index contributed by atoms with van der Waals surface area (Å²) < 4.78 is 0. The SMILES string of the molecule is CC1(C)CCC(C)(C)c2cc(-c3csc(N4CCC(NCCCCC(=O)O)CC4)n3)ccc21. The predicted octanol–water partition coefficient (Wildman–Crippen LogP) is 5.97. The zero-order valence-corrected chi connectivity index (χ0v) is 21.4. The molecule has 1 aliphatic heterocycles. The van der Waals surface area contributed by atoms with Gasteiger partial charge in [-0.05, 0) is 73.1 Å². The number of carboxylic acid groups (broad SMARTS) is 1. The van der Waals surface area contributed by atoms with Crippen LogP contribution in [0.2, 0.25) is 0 Å². The second-order valence-corrected chi connectivity index (χ2v) is 11.9. The van der Waals surface area contributed by atoms with Crippen molar-refractivity contribution in [2.45, 2.75) is 89.5 Å². The Kier molecular flexibility index (Phi) is 7.15. The van der Waals surface area contributed by atoms with Crippen LogP contribution in [0, 0.1) is 0 Å². The van der Waals surface area contributed by atoms with Crippen molar-refractivity contribution in [3.05, 3.63) is 34.7 Å². The molecule has 2 aromatic rings. The zero-order chi connectivity index (χ0) is 23.6. The first kappa shape index (κ1) is 24.2. The van der Waals surface area contributed by atoms with E-state index in [4.69, 9.17) is 10.1 Å². The molecular formula is C27H39N3O2S. The molecule has 2 heterocycles. The number of piperidine rings is 1. The maximum absolute atomic E-state index is 10.6. The lowest BCUT2D eigenvalue weighted by atomic mass is 9.63. The van der Waals surface area contributed by atoms with Gasteiger partial charge in [-0.2, -0.15) is 0 Å². The highest BCUT2D eigenvalue weighted by atomic mass is 32.1. The Morgan fingerprint density at radius 3 is 2.52 bits per heavy atom. The lowest BCUT2D eigenvalue weighted by Gasteiger charge is -2.42. The van der Waals surface area contributed by atoms with Crippen molar-refractivity contribution >= 4 is 22.4 Å². The van der Waals surface area contributed by atoms with Gasteiger partial charge < -0.3 is 15.3 Å². The number of aliphatic carboxylic acids is 1. The molecule has 180 valence electrons. The third-order valence-electron chi connectivity index (χ3n) is 7.66. The van der Waals surface area contributed by atoms with Crippen LogP contribution in [0.4, 0.5) is 5.13 Å². The molecule has 2 aliphatic rings. The smallest absolute Gasteiger partial charge is 0.303 e. The molecule has 6 heteroatoms. The van der Waals surface area contributed by atoms with Crippen LogP contribution in [0.25, 0.3) is 11.3 Å². The second-order valence-electron chi connectivity index (χ2n) is 11.1. The standard InChI is InChI=1S/C27H39N3O2S/c1-26(2)12-13-27(3,4)22-17-19(8-9-21(22)26)23-18-33-25(29-23)30-15-10-20(11-16-30)28-14-6-5-7-24(31)32/h8-9,17-18,20,28H,5-7,10-16H2,1-4H3,(H,31,32). The Labute approximate surface area is 202 Å². The number of carbonyl (C=O) groups is 1. The van der Waals surface area contributed by atoms with Crippen molar-refractivity contribution < 1.29 is 9.90 Å². The van der Waals surface area contributed by atoms with E-state index in [2.05, 4.69) is 61.5 Å². The highest BCUT2D eigenvalue weighted by Gasteiger charge is 2.37. The van der Waals surface area contributed by atoms with Crippen molar-refractivity contribution in [1.82, 2.24) is 10.3 Å². The molecule has 0 bridgehead atoms. The van der Waals surface area contributed by atoms with Crippen LogP contribution in [0.3, 0.4) is 0 Å². The Hall–Kier alpha value is -1.92. The lowest BCUT2D eigenvalue weighted by molar-refractivity contribution is -0.137. The summed E-state index contributed by atoms with van der Waals surface area (Å²) in [5, 5.41) is 15.7. The number of unbranched alkanes of at least 4 members (excludes halogenated alkanes) is 1. The number of hydrogen-bond donors (Lipinski definition) is 2. The first-order chi connectivity index (χ1) is 15.7. The topological polar surface area (TPSA) is 65.5 Å². The maximum atomic E-state index is 10.6. The first-order valence-electron chi connectivity index (χ1n) is 12.5. The summed E-state index contributed by atoms with van der Waals surface area (Å²) in [7, 11) is 0. The molecule has 0 atom stereocenters. The third kappa shape index (κ3) is 5.60. The van der Waals surface area contributed by atoms with Crippen LogP contribution in [0.15, 0.2) is 23.6 Å². The summed E-state index contributed by atoms with van der Waals surface area (Å²) in [5.41, 5.74) is 5.76. The fraction of sp³-hybridized carbons (Fsp3) is 0.630. The van der Waals surface area contributed by atoms with Gasteiger partial charge in [-0.15, -0.1) is 11.3 Å². The monoisotopic (exact) mass is 469 g/mol. The number of fused-ring (bicyclic) bond motifs is 1. The van der Waals surface area contributed by atoms with Gasteiger partial charge in [0.25, 0.3) is 0 Å². The molecule has 2 N–H and O–H groups in total. The van der Waals surface area contributed by atoms with Gasteiger partial charge in [0.1, 0.15) is 0 Å². The van der Waals surface area contributed by atoms with Crippen molar-refractivity contribution in [1.29, 1.82) is 0 Å². The van der Waals surface area contributed by atoms with Crippen molar-refractivity contribution in [2.24, 2.45) is 0 Å². The molecule has 0 spiro atoms. The average Bonchev–Trinajstić information content (AvgIpc) is 3.27. The van der Waals surface area contributed by atoms with Crippen molar-refractivity contribution in [2.75, 3.05) is 24.5 Å². The Bertz CT molecular complexity index is 973. The van der Waals surface area contributed by atoms with Crippen LogP contribution in [-0.2, 0) is 15.6 Å². The summed E-state index contributed by atoms with van der Waals surface area (Å²) in [6.07, 6.45) is 6.62. The van der Waals surface area contributed by atoms with E-state index in [0.717, 1.165) is 56.1 Å². The summed E-state index contributed by atoms with van der Waals surface area (Å²) in [6, 6.07) is 7.53. The number of benzene rings is 1. The highest BCUT2D eigenvalue weighted by molar-refractivity contribution is 7.14. The molecule has 1 aromatic heterocycles.